The highest BCUT2D eigenvalue weighted by Crippen LogP contribution is 2.27. The Balaban J connectivity index is 2.89. The van der Waals surface area contributed by atoms with Crippen LogP contribution < -0.4 is 0 Å². The van der Waals surface area contributed by atoms with Crippen molar-refractivity contribution >= 4 is 23.4 Å². The summed E-state index contributed by atoms with van der Waals surface area (Å²) in [5.74, 6) is -1.17. The van der Waals surface area contributed by atoms with Gasteiger partial charge >= 0.3 is 5.97 Å². The Morgan fingerprint density at radius 2 is 2.05 bits per heavy atom. The van der Waals surface area contributed by atoms with E-state index in [0.29, 0.717) is 11.3 Å². The number of aromatic carboxylic acids is 1. The van der Waals surface area contributed by atoms with E-state index >= 15 is 0 Å². The maximum absolute atomic E-state index is 11.1. The lowest BCUT2D eigenvalue weighted by Crippen LogP contribution is -2.27. The largest absolute Gasteiger partial charge is 0.478 e. The van der Waals surface area contributed by atoms with Crippen molar-refractivity contribution in [1.82, 2.24) is 0 Å². The summed E-state index contributed by atoms with van der Waals surface area (Å²) in [5.41, 5.74) is -0.497. The summed E-state index contributed by atoms with van der Waals surface area (Å²) in [6.07, 6.45) is -1.48. The van der Waals surface area contributed by atoms with Crippen molar-refractivity contribution in [3.63, 3.8) is 0 Å². The maximum atomic E-state index is 11.1. The Bertz CT molecular complexity index is 507. The minimum absolute atomic E-state index is 0.104. The van der Waals surface area contributed by atoms with E-state index in [1.54, 1.807) is 6.92 Å². The molecule has 2 unspecified atom stereocenters. The van der Waals surface area contributed by atoms with Gasteiger partial charge in [0.2, 0.25) is 0 Å². The van der Waals surface area contributed by atoms with Gasteiger partial charge in [-0.05, 0) is 12.5 Å². The molecule has 0 spiro atoms. The first-order valence-electron chi connectivity index (χ1n) is 5.87. The highest BCUT2D eigenvalue weighted by Gasteiger charge is 2.19. The second-order valence-electron chi connectivity index (χ2n) is 4.10. The summed E-state index contributed by atoms with van der Waals surface area (Å²) in [6, 6.07) is 3.52. The van der Waals surface area contributed by atoms with Crippen molar-refractivity contribution in [3.8, 4) is 0 Å². The van der Waals surface area contributed by atoms with E-state index in [2.05, 4.69) is 0 Å². The molecule has 0 heterocycles. The van der Waals surface area contributed by atoms with Crippen LogP contribution in [0.15, 0.2) is 23.1 Å². The minimum atomic E-state index is -1.28. The van der Waals surface area contributed by atoms with Gasteiger partial charge in [-0.15, -0.1) is 11.8 Å². The smallest absolute Gasteiger partial charge is 0.337 e. The number of hydrogen-bond acceptors (Lipinski definition) is 6. The van der Waals surface area contributed by atoms with Gasteiger partial charge in [0, 0.05) is 22.8 Å². The molecule has 0 saturated carbocycles. The van der Waals surface area contributed by atoms with Crippen LogP contribution in [0.3, 0.4) is 0 Å². The first-order chi connectivity index (χ1) is 9.36. The average Bonchev–Trinajstić information content (AvgIpc) is 2.43. The number of carboxylic acid groups (broad SMARTS) is 1. The number of nitrogens with zero attached hydrogens (tertiary/aromatic N) is 1. The molecule has 1 aromatic rings. The number of carboxylic acids is 1. The van der Waals surface area contributed by atoms with Crippen molar-refractivity contribution in [1.29, 1.82) is 0 Å². The van der Waals surface area contributed by atoms with Crippen LogP contribution >= 0.6 is 11.8 Å². The van der Waals surface area contributed by atoms with Crippen LogP contribution in [0.25, 0.3) is 0 Å². The molecule has 1 aromatic carbocycles. The number of aliphatic hydroxyl groups is 2. The monoisotopic (exact) mass is 301 g/mol. The molecular formula is C12H15NO6S. The number of benzene rings is 1. The number of hydrogen-bond donors (Lipinski definition) is 3. The van der Waals surface area contributed by atoms with E-state index in [1.165, 1.54) is 12.1 Å². The van der Waals surface area contributed by atoms with Crippen molar-refractivity contribution in [2.75, 3.05) is 5.75 Å². The molecule has 20 heavy (non-hydrogen) atoms. The fraction of sp³-hybridized carbons (Fsp3) is 0.417. The summed E-state index contributed by atoms with van der Waals surface area (Å²) in [6.45, 7) is 1.72. The third-order valence-electron chi connectivity index (χ3n) is 2.68. The van der Waals surface area contributed by atoms with E-state index in [0.717, 1.165) is 17.8 Å². The van der Waals surface area contributed by atoms with Gasteiger partial charge in [0.1, 0.15) is 0 Å². The van der Waals surface area contributed by atoms with Crippen LogP contribution in [0.5, 0.6) is 0 Å². The van der Waals surface area contributed by atoms with E-state index in [1.807, 2.05) is 0 Å². The molecular weight excluding hydrogens is 286 g/mol. The number of rotatable bonds is 7. The third kappa shape index (κ3) is 4.19. The third-order valence-corrected chi connectivity index (χ3v) is 3.85. The van der Waals surface area contributed by atoms with Gasteiger partial charge in [-0.1, -0.05) is 6.92 Å². The van der Waals surface area contributed by atoms with E-state index in [-0.39, 0.29) is 17.0 Å². The second-order valence-corrected chi connectivity index (χ2v) is 5.16. The van der Waals surface area contributed by atoms with Gasteiger partial charge < -0.3 is 15.3 Å². The zero-order chi connectivity index (χ0) is 15.3. The SMILES string of the molecule is CCC(O)C(O)CSc1ccc([N+](=O)[O-])cc1C(=O)O. The molecule has 1 rings (SSSR count). The lowest BCUT2D eigenvalue weighted by molar-refractivity contribution is -0.384. The fourth-order valence-electron chi connectivity index (χ4n) is 1.48. The van der Waals surface area contributed by atoms with Crippen LogP contribution in [0.1, 0.15) is 23.7 Å². The van der Waals surface area contributed by atoms with Crippen molar-refractivity contribution < 1.29 is 25.0 Å². The molecule has 3 N–H and O–H groups in total. The molecule has 8 heteroatoms. The topological polar surface area (TPSA) is 121 Å². The van der Waals surface area contributed by atoms with Gasteiger partial charge in [-0.3, -0.25) is 10.1 Å². The zero-order valence-corrected chi connectivity index (χ0v) is 11.5. The standard InChI is InChI=1S/C12H15NO6S/c1-2-9(14)10(15)6-20-11-4-3-7(13(18)19)5-8(11)12(16)17/h3-5,9-10,14-15H,2,6H2,1H3,(H,16,17). The molecule has 0 aromatic heterocycles. The van der Waals surface area contributed by atoms with Gasteiger partial charge in [-0.2, -0.15) is 0 Å². The summed E-state index contributed by atoms with van der Waals surface area (Å²) >= 11 is 1.03. The van der Waals surface area contributed by atoms with Crippen LogP contribution in [-0.4, -0.2) is 44.2 Å². The van der Waals surface area contributed by atoms with Crippen LogP contribution in [0.4, 0.5) is 5.69 Å². The highest BCUT2D eigenvalue weighted by molar-refractivity contribution is 7.99. The summed E-state index contributed by atoms with van der Waals surface area (Å²) in [4.78, 5) is 21.3. The number of carbonyl (C=O) groups is 1. The van der Waals surface area contributed by atoms with Crippen LogP contribution in [0.2, 0.25) is 0 Å². The zero-order valence-electron chi connectivity index (χ0n) is 10.7. The Hall–Kier alpha value is -1.64. The van der Waals surface area contributed by atoms with Gasteiger partial charge in [-0.25, -0.2) is 4.79 Å². The summed E-state index contributed by atoms with van der Waals surface area (Å²) < 4.78 is 0. The summed E-state index contributed by atoms with van der Waals surface area (Å²) in [7, 11) is 0. The van der Waals surface area contributed by atoms with E-state index in [4.69, 9.17) is 5.11 Å². The molecule has 0 aliphatic carbocycles. The Morgan fingerprint density at radius 1 is 1.40 bits per heavy atom. The van der Waals surface area contributed by atoms with Crippen LogP contribution in [0, 0.1) is 10.1 Å². The normalized spacial score (nSPS) is 13.8. The van der Waals surface area contributed by atoms with Gasteiger partial charge in [0.25, 0.3) is 5.69 Å². The molecule has 0 radical (unpaired) electrons. The average molecular weight is 301 g/mol. The Morgan fingerprint density at radius 3 is 2.55 bits per heavy atom. The number of nitro groups is 1. The molecule has 7 nitrogen and oxygen atoms in total. The fourth-order valence-corrected chi connectivity index (χ4v) is 2.52. The lowest BCUT2D eigenvalue weighted by atomic mass is 10.2. The van der Waals surface area contributed by atoms with Gasteiger partial charge in [0.05, 0.1) is 22.7 Å². The molecule has 0 aliphatic rings. The van der Waals surface area contributed by atoms with Crippen LogP contribution in [-0.2, 0) is 0 Å². The highest BCUT2D eigenvalue weighted by atomic mass is 32.2. The molecule has 0 bridgehead atoms. The van der Waals surface area contributed by atoms with Gasteiger partial charge in [0.15, 0.2) is 0 Å². The van der Waals surface area contributed by atoms with Crippen molar-refractivity contribution in [2.24, 2.45) is 0 Å². The second kappa shape index (κ2) is 7.22. The molecule has 0 amide bonds. The number of non-ortho nitro benzene ring substituents is 1. The molecule has 0 fully saturated rings. The van der Waals surface area contributed by atoms with Crippen molar-refractivity contribution in [2.45, 2.75) is 30.4 Å². The predicted molar refractivity (Wildman–Crippen MR) is 73.1 cm³/mol. The lowest BCUT2D eigenvalue weighted by Gasteiger charge is -2.16. The quantitative estimate of drug-likeness (QED) is 0.396. The Kier molecular flexibility index (Phi) is 5.93. The molecule has 0 aliphatic heterocycles. The first kappa shape index (κ1) is 16.4. The minimum Gasteiger partial charge on any atom is -0.478 e. The molecule has 0 saturated heterocycles. The van der Waals surface area contributed by atoms with E-state index < -0.39 is 23.1 Å². The maximum Gasteiger partial charge on any atom is 0.337 e. The molecule has 2 atom stereocenters. The summed E-state index contributed by atoms with van der Waals surface area (Å²) in [5, 5.41) is 38.7. The van der Waals surface area contributed by atoms with Crippen molar-refractivity contribution in [3.05, 3.63) is 33.9 Å². The number of thioether (sulfide) groups is 1. The Labute approximate surface area is 119 Å². The predicted octanol–water partition coefficient (Wildman–Crippen LogP) is 1.52. The van der Waals surface area contributed by atoms with E-state index in [9.17, 15) is 25.1 Å². The number of nitro benzene ring substituents is 1. The first-order valence-corrected chi connectivity index (χ1v) is 6.86. The number of aliphatic hydroxyl groups excluding tert-OH is 2. The molecule has 110 valence electrons.